The van der Waals surface area contributed by atoms with Crippen LogP contribution in [-0.2, 0) is 0 Å². The highest BCUT2D eigenvalue weighted by molar-refractivity contribution is 5.36. The first-order valence-corrected chi connectivity index (χ1v) is 5.43. The SMILES string of the molecule is O=[N+]([O-])c1ccc(OC2CCNCC2F)cc1. The molecule has 1 aliphatic heterocycles. The molecule has 1 heterocycles. The van der Waals surface area contributed by atoms with E-state index < -0.39 is 17.2 Å². The van der Waals surface area contributed by atoms with E-state index in [4.69, 9.17) is 4.74 Å². The zero-order valence-corrected chi connectivity index (χ0v) is 9.14. The molecule has 1 aromatic rings. The Morgan fingerprint density at radius 3 is 2.71 bits per heavy atom. The number of hydrogen-bond donors (Lipinski definition) is 1. The Kier molecular flexibility index (Phi) is 3.53. The van der Waals surface area contributed by atoms with Crippen LogP contribution in [0.1, 0.15) is 6.42 Å². The number of alkyl halides is 1. The summed E-state index contributed by atoms with van der Waals surface area (Å²) in [6.07, 6.45) is -0.922. The monoisotopic (exact) mass is 240 g/mol. The number of nitro benzene ring substituents is 1. The van der Waals surface area contributed by atoms with Crippen LogP contribution in [0.25, 0.3) is 0 Å². The van der Waals surface area contributed by atoms with Crippen molar-refractivity contribution in [2.75, 3.05) is 13.1 Å². The summed E-state index contributed by atoms with van der Waals surface area (Å²) in [5, 5.41) is 13.4. The van der Waals surface area contributed by atoms with E-state index in [1.807, 2.05) is 0 Å². The maximum Gasteiger partial charge on any atom is 0.269 e. The van der Waals surface area contributed by atoms with Crippen LogP contribution in [0.3, 0.4) is 0 Å². The minimum atomic E-state index is -1.04. The van der Waals surface area contributed by atoms with Gasteiger partial charge < -0.3 is 10.1 Å². The van der Waals surface area contributed by atoms with Crippen molar-refractivity contribution >= 4 is 5.69 Å². The van der Waals surface area contributed by atoms with Crippen molar-refractivity contribution in [3.8, 4) is 5.75 Å². The van der Waals surface area contributed by atoms with Crippen LogP contribution in [0, 0.1) is 10.1 Å². The summed E-state index contributed by atoms with van der Waals surface area (Å²) in [5.41, 5.74) is -0.000501. The molecule has 0 saturated carbocycles. The average Bonchev–Trinajstić information content (AvgIpc) is 2.33. The summed E-state index contributed by atoms with van der Waals surface area (Å²) in [6, 6.07) is 5.69. The molecule has 17 heavy (non-hydrogen) atoms. The van der Waals surface area contributed by atoms with Gasteiger partial charge in [0.25, 0.3) is 5.69 Å². The Labute approximate surface area is 97.7 Å². The highest BCUT2D eigenvalue weighted by atomic mass is 19.1. The highest BCUT2D eigenvalue weighted by Crippen LogP contribution is 2.21. The molecule has 1 aliphatic rings. The number of nitrogens with zero attached hydrogens (tertiary/aromatic N) is 1. The Hall–Kier alpha value is -1.69. The van der Waals surface area contributed by atoms with Gasteiger partial charge in [-0.1, -0.05) is 0 Å². The van der Waals surface area contributed by atoms with Gasteiger partial charge in [0, 0.05) is 18.7 Å². The average molecular weight is 240 g/mol. The minimum Gasteiger partial charge on any atom is -0.487 e. The lowest BCUT2D eigenvalue weighted by atomic mass is 10.1. The third-order valence-corrected chi connectivity index (χ3v) is 2.68. The molecule has 0 radical (unpaired) electrons. The molecule has 2 rings (SSSR count). The van der Waals surface area contributed by atoms with Crippen molar-refractivity contribution in [1.82, 2.24) is 5.32 Å². The number of ether oxygens (including phenoxy) is 1. The van der Waals surface area contributed by atoms with Gasteiger partial charge in [-0.15, -0.1) is 0 Å². The van der Waals surface area contributed by atoms with Gasteiger partial charge in [0.05, 0.1) is 4.92 Å². The van der Waals surface area contributed by atoms with Crippen LogP contribution in [0.5, 0.6) is 5.75 Å². The Balaban J connectivity index is 2.00. The molecular formula is C11H13FN2O3. The summed E-state index contributed by atoms with van der Waals surface area (Å²) in [5.74, 6) is 0.463. The van der Waals surface area contributed by atoms with E-state index in [0.717, 1.165) is 6.54 Å². The summed E-state index contributed by atoms with van der Waals surface area (Å²) < 4.78 is 18.9. The second kappa shape index (κ2) is 5.09. The van der Waals surface area contributed by atoms with Crippen molar-refractivity contribution in [2.45, 2.75) is 18.7 Å². The lowest BCUT2D eigenvalue weighted by Gasteiger charge is -2.27. The fourth-order valence-corrected chi connectivity index (χ4v) is 1.75. The third kappa shape index (κ3) is 2.91. The Bertz CT molecular complexity index is 396. The number of halogens is 1. The minimum absolute atomic E-state index is 0.000501. The van der Waals surface area contributed by atoms with Crippen LogP contribution < -0.4 is 10.1 Å². The number of piperidine rings is 1. The zero-order chi connectivity index (χ0) is 12.3. The molecule has 2 unspecified atom stereocenters. The predicted octanol–water partition coefficient (Wildman–Crippen LogP) is 1.67. The van der Waals surface area contributed by atoms with Crippen LogP contribution in [0.2, 0.25) is 0 Å². The van der Waals surface area contributed by atoms with E-state index >= 15 is 0 Å². The number of rotatable bonds is 3. The molecule has 1 saturated heterocycles. The topological polar surface area (TPSA) is 64.4 Å². The molecule has 0 bridgehead atoms. The molecule has 6 heteroatoms. The molecule has 2 atom stereocenters. The molecule has 1 N–H and O–H groups in total. The first-order chi connectivity index (χ1) is 8.16. The second-order valence-electron chi connectivity index (χ2n) is 3.92. The first-order valence-electron chi connectivity index (χ1n) is 5.43. The van der Waals surface area contributed by atoms with Crippen molar-refractivity contribution in [2.24, 2.45) is 0 Å². The van der Waals surface area contributed by atoms with E-state index in [1.54, 1.807) is 0 Å². The highest BCUT2D eigenvalue weighted by Gasteiger charge is 2.26. The van der Waals surface area contributed by atoms with Gasteiger partial charge in [0.15, 0.2) is 0 Å². The smallest absolute Gasteiger partial charge is 0.269 e. The molecular weight excluding hydrogens is 227 g/mol. The second-order valence-corrected chi connectivity index (χ2v) is 3.92. The molecule has 1 fully saturated rings. The van der Waals surface area contributed by atoms with E-state index in [-0.39, 0.29) is 12.2 Å². The predicted molar refractivity (Wildman–Crippen MR) is 59.9 cm³/mol. The summed E-state index contributed by atoms with van der Waals surface area (Å²) in [6.45, 7) is 1.01. The van der Waals surface area contributed by atoms with Crippen molar-refractivity contribution in [3.63, 3.8) is 0 Å². The summed E-state index contributed by atoms with van der Waals surface area (Å²) >= 11 is 0. The quantitative estimate of drug-likeness (QED) is 0.644. The molecule has 92 valence electrons. The van der Waals surface area contributed by atoms with Crippen LogP contribution in [-0.4, -0.2) is 30.3 Å². The number of benzene rings is 1. The maximum atomic E-state index is 13.4. The Morgan fingerprint density at radius 2 is 2.12 bits per heavy atom. The zero-order valence-electron chi connectivity index (χ0n) is 9.14. The number of nitro groups is 1. The molecule has 0 spiro atoms. The van der Waals surface area contributed by atoms with E-state index in [2.05, 4.69) is 5.32 Å². The number of nitrogens with one attached hydrogen (secondary N) is 1. The van der Waals surface area contributed by atoms with Crippen molar-refractivity contribution < 1.29 is 14.1 Å². The van der Waals surface area contributed by atoms with E-state index in [9.17, 15) is 14.5 Å². The van der Waals surface area contributed by atoms with Gasteiger partial charge >= 0.3 is 0 Å². The fraction of sp³-hybridized carbons (Fsp3) is 0.455. The van der Waals surface area contributed by atoms with Crippen LogP contribution in [0.15, 0.2) is 24.3 Å². The first kappa shape index (κ1) is 11.8. The van der Waals surface area contributed by atoms with Crippen LogP contribution in [0.4, 0.5) is 10.1 Å². The molecule has 1 aromatic carbocycles. The number of hydrogen-bond acceptors (Lipinski definition) is 4. The lowest BCUT2D eigenvalue weighted by Crippen LogP contribution is -2.44. The van der Waals surface area contributed by atoms with Gasteiger partial charge in [0.2, 0.25) is 0 Å². The van der Waals surface area contributed by atoms with Crippen LogP contribution >= 0.6 is 0 Å². The molecule has 0 amide bonds. The van der Waals surface area contributed by atoms with E-state index in [1.165, 1.54) is 24.3 Å². The van der Waals surface area contributed by atoms with Gasteiger partial charge in [-0.3, -0.25) is 10.1 Å². The molecule has 0 aliphatic carbocycles. The van der Waals surface area contributed by atoms with Gasteiger partial charge in [-0.25, -0.2) is 4.39 Å². The standard InChI is InChI=1S/C11H13FN2O3/c12-10-7-13-6-5-11(10)17-9-3-1-8(2-4-9)14(15)16/h1-4,10-11,13H,5-7H2. The normalized spacial score (nSPS) is 24.3. The number of non-ortho nitro benzene ring substituents is 1. The van der Waals surface area contributed by atoms with Gasteiger partial charge in [-0.2, -0.15) is 0 Å². The van der Waals surface area contributed by atoms with Crippen molar-refractivity contribution in [1.29, 1.82) is 0 Å². The van der Waals surface area contributed by atoms with E-state index in [0.29, 0.717) is 12.2 Å². The lowest BCUT2D eigenvalue weighted by molar-refractivity contribution is -0.384. The third-order valence-electron chi connectivity index (χ3n) is 2.68. The van der Waals surface area contributed by atoms with Gasteiger partial charge in [0.1, 0.15) is 18.0 Å². The maximum absolute atomic E-state index is 13.4. The summed E-state index contributed by atoms with van der Waals surface area (Å²) in [4.78, 5) is 9.97. The van der Waals surface area contributed by atoms with Crippen molar-refractivity contribution in [3.05, 3.63) is 34.4 Å². The molecule has 0 aromatic heterocycles. The van der Waals surface area contributed by atoms with Gasteiger partial charge in [-0.05, 0) is 25.1 Å². The summed E-state index contributed by atoms with van der Waals surface area (Å²) in [7, 11) is 0. The Morgan fingerprint density at radius 1 is 1.41 bits per heavy atom. The molecule has 5 nitrogen and oxygen atoms in total. The largest absolute Gasteiger partial charge is 0.487 e. The fourth-order valence-electron chi connectivity index (χ4n) is 1.75.